The molecule has 0 atom stereocenters. The molecule has 2 aromatic heterocycles. The number of halogens is 2. The van der Waals surface area contributed by atoms with Gasteiger partial charge in [-0.25, -0.2) is 9.97 Å². The average molecular weight is 333 g/mol. The number of aromatic hydroxyl groups is 1. The summed E-state index contributed by atoms with van der Waals surface area (Å²) in [6.45, 7) is 0. The molecule has 2 rings (SSSR count). The molecule has 0 aliphatic rings. The lowest BCUT2D eigenvalue weighted by atomic mass is 10.4. The van der Waals surface area contributed by atoms with Crippen molar-refractivity contribution >= 4 is 45.3 Å². The molecule has 0 aromatic carbocycles. The van der Waals surface area contributed by atoms with Gasteiger partial charge < -0.3 is 9.83 Å². The molecule has 7 heteroatoms. The van der Waals surface area contributed by atoms with E-state index in [1.165, 1.54) is 11.9 Å². The van der Waals surface area contributed by atoms with Gasteiger partial charge in [-0.15, -0.1) is 0 Å². The fourth-order valence-corrected chi connectivity index (χ4v) is 2.30. The number of pyridine rings is 2. The van der Waals surface area contributed by atoms with Crippen molar-refractivity contribution in [2.45, 2.75) is 4.90 Å². The fraction of sp³-hybridized carbons (Fsp3) is 0. The molecule has 0 fully saturated rings. The minimum Gasteiger partial charge on any atom is -0.504 e. The Morgan fingerprint density at radius 3 is 2.94 bits per heavy atom. The van der Waals surface area contributed by atoms with Crippen LogP contribution >= 0.6 is 39.5 Å². The minimum atomic E-state index is 0.0981. The van der Waals surface area contributed by atoms with Gasteiger partial charge in [0.2, 0.25) is 0 Å². The van der Waals surface area contributed by atoms with E-state index in [0.29, 0.717) is 11.0 Å². The summed E-state index contributed by atoms with van der Waals surface area (Å²) in [5, 5.41) is 9.91. The van der Waals surface area contributed by atoms with Crippen molar-refractivity contribution in [1.29, 1.82) is 0 Å². The number of hydrogen-bond acceptors (Lipinski definition) is 5. The van der Waals surface area contributed by atoms with E-state index >= 15 is 0 Å². The molecule has 0 amide bonds. The largest absolute Gasteiger partial charge is 0.504 e. The predicted molar refractivity (Wildman–Crippen MR) is 72.3 cm³/mol. The van der Waals surface area contributed by atoms with Gasteiger partial charge in [0.05, 0.1) is 4.47 Å². The third kappa shape index (κ3) is 3.24. The van der Waals surface area contributed by atoms with Crippen LogP contribution in [0.25, 0.3) is 0 Å². The number of nitrogens with one attached hydrogen (secondary N) is 1. The summed E-state index contributed by atoms with van der Waals surface area (Å²) in [6, 6.07) is 5.05. The second kappa shape index (κ2) is 5.57. The van der Waals surface area contributed by atoms with Gasteiger partial charge in [-0.2, -0.15) is 0 Å². The first kappa shape index (κ1) is 12.5. The summed E-state index contributed by atoms with van der Waals surface area (Å²) in [6.07, 6.45) is 3.23. The first-order valence-corrected chi connectivity index (χ1v) is 6.53. The maximum Gasteiger partial charge on any atom is 0.178 e. The van der Waals surface area contributed by atoms with Crippen molar-refractivity contribution in [2.75, 3.05) is 4.72 Å². The molecule has 17 heavy (non-hydrogen) atoms. The number of anilines is 1. The molecule has 0 bridgehead atoms. The molecule has 4 nitrogen and oxygen atoms in total. The lowest BCUT2D eigenvalue weighted by molar-refractivity contribution is 0.476. The molecule has 0 saturated carbocycles. The quantitative estimate of drug-likeness (QED) is 0.663. The SMILES string of the molecule is Oc1cccnc1NSc1cnc(Cl)c(Br)c1. The van der Waals surface area contributed by atoms with Gasteiger partial charge in [-0.05, 0) is 46.1 Å². The lowest BCUT2D eigenvalue weighted by Gasteiger charge is -2.06. The van der Waals surface area contributed by atoms with Gasteiger partial charge in [-0.1, -0.05) is 11.6 Å². The zero-order valence-corrected chi connectivity index (χ0v) is 11.6. The predicted octanol–water partition coefficient (Wildman–Crippen LogP) is 3.72. The maximum absolute atomic E-state index is 9.50. The van der Waals surface area contributed by atoms with Gasteiger partial charge in [0.25, 0.3) is 0 Å². The van der Waals surface area contributed by atoms with Crippen LogP contribution in [0.4, 0.5) is 5.82 Å². The van der Waals surface area contributed by atoms with Crippen LogP contribution in [-0.4, -0.2) is 15.1 Å². The highest BCUT2D eigenvalue weighted by Gasteiger charge is 2.04. The summed E-state index contributed by atoms with van der Waals surface area (Å²) < 4.78 is 3.65. The van der Waals surface area contributed by atoms with Crippen LogP contribution in [0.5, 0.6) is 5.75 Å². The zero-order chi connectivity index (χ0) is 12.3. The Bertz CT molecular complexity index is 541. The number of aromatic nitrogens is 2. The van der Waals surface area contributed by atoms with Crippen LogP contribution in [-0.2, 0) is 0 Å². The van der Waals surface area contributed by atoms with E-state index in [0.717, 1.165) is 9.37 Å². The Balaban J connectivity index is 2.08. The highest BCUT2D eigenvalue weighted by Crippen LogP contribution is 2.28. The lowest BCUT2D eigenvalue weighted by Crippen LogP contribution is -1.91. The summed E-state index contributed by atoms with van der Waals surface area (Å²) in [5.41, 5.74) is 0. The summed E-state index contributed by atoms with van der Waals surface area (Å²) in [4.78, 5) is 8.83. The highest BCUT2D eigenvalue weighted by atomic mass is 79.9. The van der Waals surface area contributed by atoms with Crippen molar-refractivity contribution in [1.82, 2.24) is 9.97 Å². The van der Waals surface area contributed by atoms with Crippen LogP contribution < -0.4 is 4.72 Å². The summed E-state index contributed by atoms with van der Waals surface area (Å²) in [7, 11) is 0. The van der Waals surface area contributed by atoms with Crippen molar-refractivity contribution in [3.63, 3.8) is 0 Å². The molecule has 88 valence electrons. The Kier molecular flexibility index (Phi) is 4.09. The van der Waals surface area contributed by atoms with Gasteiger partial charge in [-0.3, -0.25) is 0 Å². The second-order valence-electron chi connectivity index (χ2n) is 3.02. The van der Waals surface area contributed by atoms with Crippen molar-refractivity contribution < 1.29 is 5.11 Å². The molecule has 0 aliphatic heterocycles. The van der Waals surface area contributed by atoms with Gasteiger partial charge >= 0.3 is 0 Å². The molecular weight excluding hydrogens is 326 g/mol. The van der Waals surface area contributed by atoms with E-state index in [1.807, 2.05) is 6.07 Å². The van der Waals surface area contributed by atoms with E-state index in [-0.39, 0.29) is 5.75 Å². The smallest absolute Gasteiger partial charge is 0.178 e. The molecule has 0 radical (unpaired) electrons. The number of hydrogen-bond donors (Lipinski definition) is 2. The van der Waals surface area contributed by atoms with E-state index in [2.05, 4.69) is 30.6 Å². The van der Waals surface area contributed by atoms with Crippen LogP contribution in [0.1, 0.15) is 0 Å². The normalized spacial score (nSPS) is 10.2. The van der Waals surface area contributed by atoms with E-state index < -0.39 is 0 Å². The monoisotopic (exact) mass is 331 g/mol. The third-order valence-corrected chi connectivity index (χ3v) is 3.71. The minimum absolute atomic E-state index is 0.0981. The molecule has 2 N–H and O–H groups in total. The van der Waals surface area contributed by atoms with Crippen molar-refractivity contribution in [2.24, 2.45) is 0 Å². The van der Waals surface area contributed by atoms with E-state index in [1.54, 1.807) is 24.5 Å². The van der Waals surface area contributed by atoms with Crippen LogP contribution in [0.15, 0.2) is 40.0 Å². The Morgan fingerprint density at radius 1 is 1.41 bits per heavy atom. The second-order valence-corrected chi connectivity index (χ2v) is 5.11. The average Bonchev–Trinajstić information content (AvgIpc) is 2.32. The van der Waals surface area contributed by atoms with Crippen molar-refractivity contribution in [3.8, 4) is 5.75 Å². The molecule has 0 spiro atoms. The van der Waals surface area contributed by atoms with Gasteiger partial charge in [0.15, 0.2) is 11.6 Å². The zero-order valence-electron chi connectivity index (χ0n) is 8.39. The Morgan fingerprint density at radius 2 is 2.24 bits per heavy atom. The van der Waals surface area contributed by atoms with E-state index in [4.69, 9.17) is 11.6 Å². The van der Waals surface area contributed by atoms with Gasteiger partial charge in [0, 0.05) is 17.3 Å². The molecule has 0 aliphatic carbocycles. The van der Waals surface area contributed by atoms with Crippen molar-refractivity contribution in [3.05, 3.63) is 40.2 Å². The first-order chi connectivity index (χ1) is 8.16. The number of rotatable bonds is 3. The molecule has 2 heterocycles. The highest BCUT2D eigenvalue weighted by molar-refractivity contribution is 9.10. The van der Waals surface area contributed by atoms with Crippen LogP contribution in [0.3, 0.4) is 0 Å². The molecular formula is C10H7BrClN3OS. The topological polar surface area (TPSA) is 58.0 Å². The third-order valence-electron chi connectivity index (χ3n) is 1.82. The molecule has 0 saturated heterocycles. The Labute approximate surface area is 116 Å². The van der Waals surface area contributed by atoms with Crippen LogP contribution in [0, 0.1) is 0 Å². The maximum atomic E-state index is 9.50. The Hall–Kier alpha value is -0.980. The molecule has 2 aromatic rings. The standard InChI is InChI=1S/C10H7BrClN3OS/c11-7-4-6(5-14-9(7)12)17-15-10-8(16)2-1-3-13-10/h1-5,16H,(H,13,15). The fourth-order valence-electron chi connectivity index (χ4n) is 1.04. The van der Waals surface area contributed by atoms with E-state index in [9.17, 15) is 5.11 Å². The first-order valence-electron chi connectivity index (χ1n) is 4.54. The summed E-state index contributed by atoms with van der Waals surface area (Å²) in [5.74, 6) is 0.504. The van der Waals surface area contributed by atoms with Crippen LogP contribution in [0.2, 0.25) is 5.15 Å². The summed E-state index contributed by atoms with van der Waals surface area (Å²) >= 11 is 10.4. The number of nitrogens with zero attached hydrogens (tertiary/aromatic N) is 2. The molecule has 0 unspecified atom stereocenters. The van der Waals surface area contributed by atoms with Gasteiger partial charge in [0.1, 0.15) is 5.15 Å².